The fourth-order valence-electron chi connectivity index (χ4n) is 5.78. The lowest BCUT2D eigenvalue weighted by Crippen LogP contribution is -2.17. The molecule has 2 N–H and O–H groups in total. The molecule has 0 spiro atoms. The molecule has 3 unspecified atom stereocenters. The fraction of sp³-hybridized carbons (Fsp3) is 0.333. The minimum Gasteiger partial charge on any atom is -0.394 e. The van der Waals surface area contributed by atoms with Gasteiger partial charge in [0, 0.05) is 21.6 Å². The highest BCUT2D eigenvalue weighted by molar-refractivity contribution is 7.10. The molecule has 0 saturated carbocycles. The number of hydrogen-bond donors (Lipinski definition) is 2. The zero-order valence-corrected chi connectivity index (χ0v) is 22.2. The molecule has 0 saturated heterocycles. The van der Waals surface area contributed by atoms with Crippen LogP contribution in [0.25, 0.3) is 0 Å². The Bertz CT molecular complexity index is 1300. The van der Waals surface area contributed by atoms with Gasteiger partial charge in [0.1, 0.15) is 0 Å². The summed E-state index contributed by atoms with van der Waals surface area (Å²) in [5.74, 6) is 0.731. The van der Waals surface area contributed by atoms with E-state index in [1.54, 1.807) is 16.2 Å². The SMILES string of the molecule is C.C=CCC1c2ccccc2CCc2sccc21.OCC(O)CC1c2ccccc2CCc2sccc21. The Morgan fingerprint density at radius 3 is 1.81 bits per heavy atom. The highest BCUT2D eigenvalue weighted by Crippen LogP contribution is 2.40. The highest BCUT2D eigenvalue weighted by atomic mass is 32.1. The quantitative estimate of drug-likeness (QED) is 0.257. The van der Waals surface area contributed by atoms with E-state index in [9.17, 15) is 5.11 Å². The molecule has 0 bridgehead atoms. The summed E-state index contributed by atoms with van der Waals surface area (Å²) in [6.45, 7) is 3.75. The number of rotatable bonds is 5. The van der Waals surface area contributed by atoms with Crippen molar-refractivity contribution in [3.63, 3.8) is 0 Å². The highest BCUT2D eigenvalue weighted by Gasteiger charge is 2.26. The van der Waals surface area contributed by atoms with Crippen molar-refractivity contribution in [3.8, 4) is 0 Å². The third-order valence-corrected chi connectivity index (χ3v) is 9.53. The summed E-state index contributed by atoms with van der Waals surface area (Å²) >= 11 is 3.71. The maximum Gasteiger partial charge on any atom is 0.0780 e. The normalized spacial score (nSPS) is 18.2. The molecule has 4 heteroatoms. The van der Waals surface area contributed by atoms with Gasteiger partial charge in [-0.15, -0.1) is 29.3 Å². The van der Waals surface area contributed by atoms with Crippen LogP contribution in [0.3, 0.4) is 0 Å². The van der Waals surface area contributed by atoms with Gasteiger partial charge in [0.15, 0.2) is 0 Å². The van der Waals surface area contributed by atoms with Crippen molar-refractivity contribution in [2.24, 2.45) is 0 Å². The number of benzene rings is 2. The molecule has 0 radical (unpaired) electrons. The van der Waals surface area contributed by atoms with Crippen molar-refractivity contribution in [2.75, 3.05) is 6.61 Å². The lowest BCUT2D eigenvalue weighted by atomic mass is 9.86. The van der Waals surface area contributed by atoms with Gasteiger partial charge in [0.05, 0.1) is 12.7 Å². The molecule has 37 heavy (non-hydrogen) atoms. The Morgan fingerprint density at radius 1 is 0.757 bits per heavy atom. The van der Waals surface area contributed by atoms with Crippen LogP contribution >= 0.6 is 22.7 Å². The lowest BCUT2D eigenvalue weighted by molar-refractivity contribution is 0.0849. The molecular formula is C33H38O2S2. The first-order valence-corrected chi connectivity index (χ1v) is 14.6. The third kappa shape index (κ3) is 5.99. The van der Waals surface area contributed by atoms with Crippen LogP contribution in [-0.4, -0.2) is 22.9 Å². The largest absolute Gasteiger partial charge is 0.394 e. The van der Waals surface area contributed by atoms with Crippen LogP contribution in [0.4, 0.5) is 0 Å². The van der Waals surface area contributed by atoms with E-state index in [4.69, 9.17) is 5.11 Å². The van der Waals surface area contributed by atoms with E-state index in [0.29, 0.717) is 12.3 Å². The zero-order valence-electron chi connectivity index (χ0n) is 20.6. The van der Waals surface area contributed by atoms with Gasteiger partial charge < -0.3 is 10.2 Å². The van der Waals surface area contributed by atoms with E-state index in [2.05, 4.69) is 78.0 Å². The van der Waals surface area contributed by atoms with Gasteiger partial charge in [-0.2, -0.15) is 0 Å². The first kappa shape index (κ1) is 27.5. The second kappa shape index (κ2) is 12.8. The van der Waals surface area contributed by atoms with Crippen molar-refractivity contribution in [1.29, 1.82) is 0 Å². The van der Waals surface area contributed by atoms with Crippen molar-refractivity contribution >= 4 is 22.7 Å². The molecule has 2 aromatic carbocycles. The predicted molar refractivity (Wildman–Crippen MR) is 159 cm³/mol. The summed E-state index contributed by atoms with van der Waals surface area (Å²) in [5.41, 5.74) is 8.57. The van der Waals surface area contributed by atoms with Crippen LogP contribution in [0.5, 0.6) is 0 Å². The average molecular weight is 531 g/mol. The van der Waals surface area contributed by atoms with Crippen molar-refractivity contribution < 1.29 is 10.2 Å². The summed E-state index contributed by atoms with van der Waals surface area (Å²) in [7, 11) is 0. The van der Waals surface area contributed by atoms with Gasteiger partial charge in [-0.3, -0.25) is 0 Å². The van der Waals surface area contributed by atoms with E-state index < -0.39 is 6.10 Å². The van der Waals surface area contributed by atoms with E-state index in [1.807, 2.05) is 17.4 Å². The molecule has 2 aromatic heterocycles. The summed E-state index contributed by atoms with van der Waals surface area (Å²) in [6, 6.07) is 21.9. The van der Waals surface area contributed by atoms with Gasteiger partial charge >= 0.3 is 0 Å². The fourth-order valence-corrected chi connectivity index (χ4v) is 7.68. The minimum absolute atomic E-state index is 0. The van der Waals surface area contributed by atoms with E-state index >= 15 is 0 Å². The maximum absolute atomic E-state index is 9.84. The van der Waals surface area contributed by atoms with Gasteiger partial charge in [-0.25, -0.2) is 0 Å². The zero-order chi connectivity index (χ0) is 24.9. The van der Waals surface area contributed by atoms with Crippen LogP contribution in [0.2, 0.25) is 0 Å². The molecule has 3 atom stereocenters. The number of fused-ring (bicyclic) bond motifs is 4. The Labute approximate surface area is 230 Å². The molecule has 2 aliphatic rings. The molecular weight excluding hydrogens is 492 g/mol. The second-order valence-electron chi connectivity index (χ2n) is 9.70. The molecule has 2 heterocycles. The number of hydrogen-bond acceptors (Lipinski definition) is 4. The number of thiophene rings is 2. The first-order valence-electron chi connectivity index (χ1n) is 12.9. The van der Waals surface area contributed by atoms with Crippen molar-refractivity contribution in [1.82, 2.24) is 0 Å². The summed E-state index contributed by atoms with van der Waals surface area (Å²) < 4.78 is 0. The summed E-state index contributed by atoms with van der Waals surface area (Å²) in [4.78, 5) is 2.99. The van der Waals surface area contributed by atoms with E-state index in [-0.39, 0.29) is 20.0 Å². The molecule has 194 valence electrons. The number of aliphatic hydroxyl groups is 2. The second-order valence-corrected chi connectivity index (χ2v) is 11.7. The predicted octanol–water partition coefficient (Wildman–Crippen LogP) is 7.91. The summed E-state index contributed by atoms with van der Waals surface area (Å²) in [6.07, 6.45) is 7.55. The minimum atomic E-state index is -0.649. The van der Waals surface area contributed by atoms with Crippen LogP contribution in [0, 0.1) is 0 Å². The maximum atomic E-state index is 9.84. The Kier molecular flexibility index (Phi) is 9.55. The van der Waals surface area contributed by atoms with Crippen molar-refractivity contribution in [3.05, 3.63) is 127 Å². The number of aliphatic hydroxyl groups excluding tert-OH is 2. The number of aryl methyl sites for hydroxylation is 4. The van der Waals surface area contributed by atoms with Crippen LogP contribution < -0.4 is 0 Å². The van der Waals surface area contributed by atoms with E-state index in [0.717, 1.165) is 19.3 Å². The molecule has 4 aromatic rings. The van der Waals surface area contributed by atoms with Gasteiger partial charge in [0.2, 0.25) is 0 Å². The van der Waals surface area contributed by atoms with Crippen molar-refractivity contribution in [2.45, 2.75) is 63.9 Å². The number of allylic oxidation sites excluding steroid dienone is 1. The summed E-state index contributed by atoms with van der Waals surface area (Å²) in [5, 5.41) is 23.3. The Hall–Kier alpha value is -2.50. The topological polar surface area (TPSA) is 40.5 Å². The Balaban J connectivity index is 0.000000169. The average Bonchev–Trinajstić information content (AvgIpc) is 3.52. The van der Waals surface area contributed by atoms with Gasteiger partial charge in [0.25, 0.3) is 0 Å². The first-order chi connectivity index (χ1) is 17.7. The molecule has 6 rings (SSSR count). The Morgan fingerprint density at radius 2 is 1.27 bits per heavy atom. The third-order valence-electron chi connectivity index (χ3n) is 7.54. The molecule has 0 aliphatic heterocycles. The van der Waals surface area contributed by atoms with E-state index in [1.165, 1.54) is 51.1 Å². The smallest absolute Gasteiger partial charge is 0.0780 e. The molecule has 0 fully saturated rings. The molecule has 2 aliphatic carbocycles. The molecule has 0 amide bonds. The van der Waals surface area contributed by atoms with Gasteiger partial charge in [-0.1, -0.05) is 62.0 Å². The van der Waals surface area contributed by atoms with Gasteiger partial charge in [-0.05, 0) is 94.8 Å². The molecule has 2 nitrogen and oxygen atoms in total. The van der Waals surface area contributed by atoms with Crippen LogP contribution in [-0.2, 0) is 25.7 Å². The van der Waals surface area contributed by atoms with Crippen LogP contribution in [0.1, 0.15) is 75.2 Å². The monoisotopic (exact) mass is 530 g/mol. The standard InChI is InChI=1S/C16H18O2S.C16H16S.CH4/c17-10-12(18)9-15-13-4-2-1-3-11(13)5-6-16-14(15)7-8-19-16;1-2-5-14-13-7-4-3-6-12(13)8-9-16-15(14)10-11-17-16;/h1-4,7-8,12,15,17-18H,5-6,9-10H2;2-4,6-7,10-11,14H,1,5,8-9H2;1H4. The lowest BCUT2D eigenvalue weighted by Gasteiger charge is -2.21. The van der Waals surface area contributed by atoms with Crippen LogP contribution in [0.15, 0.2) is 84.1 Å².